The Morgan fingerprint density at radius 1 is 1.38 bits per heavy atom. The van der Waals surface area contributed by atoms with Crippen LogP contribution in [0.2, 0.25) is 0 Å². The molecule has 0 aliphatic carbocycles. The third-order valence-corrected chi connectivity index (χ3v) is 3.77. The first-order valence-electron chi connectivity index (χ1n) is 7.13. The summed E-state index contributed by atoms with van der Waals surface area (Å²) < 4.78 is 5.41. The van der Waals surface area contributed by atoms with E-state index in [0.717, 1.165) is 24.0 Å². The van der Waals surface area contributed by atoms with E-state index in [1.165, 1.54) is 6.39 Å². The van der Waals surface area contributed by atoms with Crippen molar-refractivity contribution in [3.63, 3.8) is 0 Å². The quantitative estimate of drug-likeness (QED) is 0.919. The highest BCUT2D eigenvalue weighted by molar-refractivity contribution is 5.97. The Morgan fingerprint density at radius 2 is 2.14 bits per heavy atom. The zero-order valence-corrected chi connectivity index (χ0v) is 12.0. The first-order chi connectivity index (χ1) is 10.1. The van der Waals surface area contributed by atoms with Crippen molar-refractivity contribution in [2.24, 2.45) is 0 Å². The van der Waals surface area contributed by atoms with Gasteiger partial charge in [0.2, 0.25) is 0 Å². The molecule has 1 aromatic carbocycles. The van der Waals surface area contributed by atoms with Gasteiger partial charge in [0.05, 0.1) is 6.10 Å². The Hall–Kier alpha value is -2.14. The van der Waals surface area contributed by atoms with E-state index < -0.39 is 6.10 Å². The zero-order chi connectivity index (χ0) is 14.8. The van der Waals surface area contributed by atoms with Crippen LogP contribution in [0, 0.1) is 6.92 Å². The highest BCUT2D eigenvalue weighted by Crippen LogP contribution is 2.25. The lowest BCUT2D eigenvalue weighted by Crippen LogP contribution is -2.42. The molecule has 1 unspecified atom stereocenters. The fourth-order valence-corrected chi connectivity index (χ4v) is 2.60. The maximum Gasteiger partial charge on any atom is 0.276 e. The largest absolute Gasteiger partial charge is 0.443 e. The van der Waals surface area contributed by atoms with Crippen LogP contribution < -0.4 is 0 Å². The van der Waals surface area contributed by atoms with E-state index in [2.05, 4.69) is 4.98 Å². The minimum Gasteiger partial charge on any atom is -0.443 e. The molecule has 0 bridgehead atoms. The lowest BCUT2D eigenvalue weighted by Gasteiger charge is -2.29. The summed E-state index contributed by atoms with van der Waals surface area (Å²) in [5.41, 5.74) is 2.29. The van der Waals surface area contributed by atoms with E-state index in [0.29, 0.717) is 24.5 Å². The molecule has 1 fully saturated rings. The van der Waals surface area contributed by atoms with Crippen molar-refractivity contribution < 1.29 is 14.3 Å². The second-order valence-electron chi connectivity index (χ2n) is 5.44. The van der Waals surface area contributed by atoms with Crippen LogP contribution in [0.3, 0.4) is 0 Å². The molecule has 2 aromatic rings. The molecule has 3 rings (SSSR count). The van der Waals surface area contributed by atoms with Crippen molar-refractivity contribution in [3.05, 3.63) is 41.9 Å². The van der Waals surface area contributed by atoms with Crippen molar-refractivity contribution in [1.82, 2.24) is 9.88 Å². The highest BCUT2D eigenvalue weighted by Gasteiger charge is 2.27. The van der Waals surface area contributed by atoms with Gasteiger partial charge in [0.25, 0.3) is 5.91 Å². The second kappa shape index (κ2) is 5.69. The zero-order valence-electron chi connectivity index (χ0n) is 12.0. The minimum atomic E-state index is -0.447. The van der Waals surface area contributed by atoms with Gasteiger partial charge in [-0.3, -0.25) is 4.79 Å². The van der Waals surface area contributed by atoms with Crippen LogP contribution in [0.4, 0.5) is 0 Å². The van der Waals surface area contributed by atoms with Crippen molar-refractivity contribution >= 4 is 5.91 Å². The SMILES string of the molecule is Cc1ccc(-c2ocnc2C(=O)N2CCCC(O)C2)cc1. The van der Waals surface area contributed by atoms with Gasteiger partial charge >= 0.3 is 0 Å². The average molecular weight is 286 g/mol. The molecule has 21 heavy (non-hydrogen) atoms. The van der Waals surface area contributed by atoms with Gasteiger partial charge in [-0.05, 0) is 19.8 Å². The fraction of sp³-hybridized carbons (Fsp3) is 0.375. The number of oxazole rings is 1. The first-order valence-corrected chi connectivity index (χ1v) is 7.13. The summed E-state index contributed by atoms with van der Waals surface area (Å²) in [6.45, 7) is 3.01. The van der Waals surface area contributed by atoms with Crippen LogP contribution in [0.1, 0.15) is 28.9 Å². The number of rotatable bonds is 2. The molecule has 0 spiro atoms. The van der Waals surface area contributed by atoms with Gasteiger partial charge in [-0.15, -0.1) is 0 Å². The summed E-state index contributed by atoms with van der Waals surface area (Å²) >= 11 is 0. The first kappa shape index (κ1) is 13.8. The Kier molecular flexibility index (Phi) is 3.75. The van der Waals surface area contributed by atoms with E-state index in [4.69, 9.17) is 4.42 Å². The number of aliphatic hydroxyl groups is 1. The minimum absolute atomic E-state index is 0.182. The van der Waals surface area contributed by atoms with E-state index in [1.807, 2.05) is 31.2 Å². The molecule has 1 aliphatic heterocycles. The smallest absolute Gasteiger partial charge is 0.276 e. The fourth-order valence-electron chi connectivity index (χ4n) is 2.60. The van der Waals surface area contributed by atoms with Crippen LogP contribution in [0.25, 0.3) is 11.3 Å². The summed E-state index contributed by atoms with van der Waals surface area (Å²) in [7, 11) is 0. The van der Waals surface area contributed by atoms with Crippen LogP contribution in [-0.2, 0) is 0 Å². The van der Waals surface area contributed by atoms with Gasteiger partial charge in [0.1, 0.15) is 0 Å². The maximum absolute atomic E-state index is 12.6. The number of piperidine rings is 1. The molecule has 1 aliphatic rings. The Bertz CT molecular complexity index is 633. The number of aromatic nitrogens is 1. The van der Waals surface area contributed by atoms with E-state index in [9.17, 15) is 9.90 Å². The van der Waals surface area contributed by atoms with Crippen LogP contribution >= 0.6 is 0 Å². The molecule has 0 radical (unpaired) electrons. The van der Waals surface area contributed by atoms with Gasteiger partial charge in [0, 0.05) is 18.7 Å². The third-order valence-electron chi connectivity index (χ3n) is 3.77. The van der Waals surface area contributed by atoms with Crippen molar-refractivity contribution in [1.29, 1.82) is 0 Å². The summed E-state index contributed by atoms with van der Waals surface area (Å²) in [4.78, 5) is 18.3. The number of benzene rings is 1. The molecule has 0 saturated carbocycles. The summed E-state index contributed by atoms with van der Waals surface area (Å²) in [6.07, 6.45) is 2.40. The van der Waals surface area contributed by atoms with Gasteiger partial charge < -0.3 is 14.4 Å². The molecule has 110 valence electrons. The molecule has 5 heteroatoms. The third kappa shape index (κ3) is 2.83. The predicted octanol–water partition coefficient (Wildman–Crippen LogP) is 2.25. The lowest BCUT2D eigenvalue weighted by atomic mass is 10.1. The number of β-amino-alcohol motifs (C(OH)–C–C–N with tert-alkyl or cyclic N) is 1. The number of hydrogen-bond acceptors (Lipinski definition) is 4. The van der Waals surface area contributed by atoms with Crippen molar-refractivity contribution in [2.75, 3.05) is 13.1 Å². The van der Waals surface area contributed by atoms with Gasteiger partial charge in [0.15, 0.2) is 17.8 Å². The predicted molar refractivity (Wildman–Crippen MR) is 77.8 cm³/mol. The Labute approximate surface area is 123 Å². The number of likely N-dealkylation sites (tertiary alicyclic amines) is 1. The molecule has 1 N–H and O–H groups in total. The highest BCUT2D eigenvalue weighted by atomic mass is 16.3. The topological polar surface area (TPSA) is 66.6 Å². The molecule has 1 atom stereocenters. The summed E-state index contributed by atoms with van der Waals surface area (Å²) in [6, 6.07) is 7.77. The standard InChI is InChI=1S/C16H18N2O3/c1-11-4-6-12(7-5-11)15-14(17-10-21-15)16(20)18-8-2-3-13(19)9-18/h4-7,10,13,19H,2-3,8-9H2,1H3. The van der Waals surface area contributed by atoms with E-state index in [1.54, 1.807) is 4.90 Å². The average Bonchev–Trinajstić information content (AvgIpc) is 2.96. The lowest BCUT2D eigenvalue weighted by molar-refractivity contribution is 0.0469. The second-order valence-corrected chi connectivity index (χ2v) is 5.44. The molecular formula is C16H18N2O3. The molecule has 1 aromatic heterocycles. The van der Waals surface area contributed by atoms with E-state index >= 15 is 0 Å². The monoisotopic (exact) mass is 286 g/mol. The molecule has 5 nitrogen and oxygen atoms in total. The number of aliphatic hydroxyl groups excluding tert-OH is 1. The number of carbonyl (C=O) groups excluding carboxylic acids is 1. The molecule has 2 heterocycles. The van der Waals surface area contributed by atoms with E-state index in [-0.39, 0.29) is 5.91 Å². The van der Waals surface area contributed by atoms with Gasteiger partial charge in [-0.2, -0.15) is 0 Å². The van der Waals surface area contributed by atoms with Gasteiger partial charge in [-0.25, -0.2) is 4.98 Å². The van der Waals surface area contributed by atoms with Crippen LogP contribution in [0.5, 0.6) is 0 Å². The number of carbonyl (C=O) groups is 1. The Balaban J connectivity index is 1.88. The molecule has 1 amide bonds. The van der Waals surface area contributed by atoms with Crippen LogP contribution in [0.15, 0.2) is 35.1 Å². The number of amides is 1. The van der Waals surface area contributed by atoms with Gasteiger partial charge in [-0.1, -0.05) is 29.8 Å². The molecular weight excluding hydrogens is 268 g/mol. The Morgan fingerprint density at radius 3 is 2.86 bits per heavy atom. The number of nitrogens with zero attached hydrogens (tertiary/aromatic N) is 2. The number of hydrogen-bond donors (Lipinski definition) is 1. The van der Waals surface area contributed by atoms with Crippen molar-refractivity contribution in [3.8, 4) is 11.3 Å². The van der Waals surface area contributed by atoms with Crippen molar-refractivity contribution in [2.45, 2.75) is 25.9 Å². The number of aryl methyl sites for hydroxylation is 1. The summed E-state index contributed by atoms with van der Waals surface area (Å²) in [5, 5.41) is 9.71. The maximum atomic E-state index is 12.6. The summed E-state index contributed by atoms with van der Waals surface area (Å²) in [5.74, 6) is 0.304. The molecule has 1 saturated heterocycles. The van der Waals surface area contributed by atoms with Crippen LogP contribution in [-0.4, -0.2) is 40.1 Å². The normalized spacial score (nSPS) is 18.8.